The lowest BCUT2D eigenvalue weighted by Gasteiger charge is -2.25. The van der Waals surface area contributed by atoms with Crippen LogP contribution in [0.2, 0.25) is 0 Å². The van der Waals surface area contributed by atoms with Crippen LogP contribution in [-0.4, -0.2) is 12.6 Å². The summed E-state index contributed by atoms with van der Waals surface area (Å²) in [7, 11) is 0. The minimum absolute atomic E-state index is 0.281. The second-order valence-corrected chi connectivity index (χ2v) is 7.15. The molecule has 2 heteroatoms. The van der Waals surface area contributed by atoms with Crippen molar-refractivity contribution in [1.82, 2.24) is 0 Å². The Kier molecular flexibility index (Phi) is 12.5. The molecule has 3 unspecified atom stereocenters. The summed E-state index contributed by atoms with van der Waals surface area (Å²) >= 11 is 0. The second-order valence-electron chi connectivity index (χ2n) is 7.15. The van der Waals surface area contributed by atoms with Gasteiger partial charge >= 0.3 is 0 Å². The van der Waals surface area contributed by atoms with Crippen molar-refractivity contribution in [3.05, 3.63) is 24.3 Å². The van der Waals surface area contributed by atoms with Gasteiger partial charge in [-0.05, 0) is 56.4 Å². The lowest BCUT2D eigenvalue weighted by atomic mass is 9.82. The third kappa shape index (κ3) is 10.2. The fourth-order valence-electron chi connectivity index (χ4n) is 2.84. The zero-order valence-corrected chi connectivity index (χ0v) is 15.5. The van der Waals surface area contributed by atoms with E-state index in [0.717, 1.165) is 32.2 Å². The normalized spacial score (nSPS) is 17.9. The van der Waals surface area contributed by atoms with Crippen LogP contribution < -0.4 is 11.5 Å². The Bertz CT molecular complexity index is 309. The SMILES string of the molecule is CCCC(C)C(N)CC=CCCC=CCC(C)(CN)CCC. The summed E-state index contributed by atoms with van der Waals surface area (Å²) in [6, 6.07) is 0.311. The van der Waals surface area contributed by atoms with Gasteiger partial charge in [-0.25, -0.2) is 0 Å². The summed E-state index contributed by atoms with van der Waals surface area (Å²) in [6.45, 7) is 9.78. The fraction of sp³-hybridized carbons (Fsp3) is 0.800. The van der Waals surface area contributed by atoms with Gasteiger partial charge in [-0.15, -0.1) is 0 Å². The van der Waals surface area contributed by atoms with Crippen LogP contribution in [0, 0.1) is 11.3 Å². The maximum absolute atomic E-state index is 6.18. The van der Waals surface area contributed by atoms with Crippen LogP contribution in [-0.2, 0) is 0 Å². The van der Waals surface area contributed by atoms with E-state index in [1.165, 1.54) is 25.7 Å². The highest BCUT2D eigenvalue weighted by Crippen LogP contribution is 2.26. The molecule has 0 radical (unpaired) electrons. The number of rotatable bonds is 13. The molecular weight excluding hydrogens is 268 g/mol. The van der Waals surface area contributed by atoms with E-state index in [4.69, 9.17) is 11.5 Å². The minimum Gasteiger partial charge on any atom is -0.330 e. The van der Waals surface area contributed by atoms with Gasteiger partial charge < -0.3 is 11.5 Å². The molecule has 0 bridgehead atoms. The first-order chi connectivity index (χ1) is 10.5. The van der Waals surface area contributed by atoms with Gasteiger partial charge in [-0.1, -0.05) is 64.8 Å². The molecule has 0 aromatic heterocycles. The molecule has 0 rings (SSSR count). The van der Waals surface area contributed by atoms with Gasteiger partial charge in [0.05, 0.1) is 0 Å². The molecule has 0 heterocycles. The predicted octanol–water partition coefficient (Wildman–Crippen LogP) is 5.19. The van der Waals surface area contributed by atoms with Gasteiger partial charge in [0.2, 0.25) is 0 Å². The molecule has 130 valence electrons. The molecule has 0 aromatic rings. The van der Waals surface area contributed by atoms with Crippen molar-refractivity contribution in [3.8, 4) is 0 Å². The predicted molar refractivity (Wildman–Crippen MR) is 101 cm³/mol. The van der Waals surface area contributed by atoms with E-state index in [9.17, 15) is 0 Å². The Morgan fingerprint density at radius 2 is 1.64 bits per heavy atom. The average molecular weight is 309 g/mol. The molecule has 22 heavy (non-hydrogen) atoms. The molecule has 0 aliphatic rings. The summed E-state index contributed by atoms with van der Waals surface area (Å²) in [6.07, 6.45) is 18.3. The Balaban J connectivity index is 3.83. The molecule has 0 fully saturated rings. The van der Waals surface area contributed by atoms with Crippen LogP contribution in [0.3, 0.4) is 0 Å². The Labute approximate surface area is 139 Å². The molecule has 0 aromatic carbocycles. The Hall–Kier alpha value is -0.600. The van der Waals surface area contributed by atoms with Crippen molar-refractivity contribution < 1.29 is 0 Å². The molecule has 4 N–H and O–H groups in total. The zero-order valence-electron chi connectivity index (χ0n) is 15.5. The highest BCUT2D eigenvalue weighted by Gasteiger charge is 2.19. The molecule has 0 amide bonds. The topological polar surface area (TPSA) is 52.0 Å². The monoisotopic (exact) mass is 308 g/mol. The van der Waals surface area contributed by atoms with E-state index in [1.54, 1.807) is 0 Å². The van der Waals surface area contributed by atoms with Crippen molar-refractivity contribution in [3.63, 3.8) is 0 Å². The first kappa shape index (κ1) is 21.4. The number of hydrogen-bond acceptors (Lipinski definition) is 2. The van der Waals surface area contributed by atoms with E-state index < -0.39 is 0 Å². The van der Waals surface area contributed by atoms with Crippen LogP contribution >= 0.6 is 0 Å². The van der Waals surface area contributed by atoms with E-state index in [-0.39, 0.29) is 5.41 Å². The maximum Gasteiger partial charge on any atom is 0.00992 e. The van der Waals surface area contributed by atoms with Gasteiger partial charge in [-0.3, -0.25) is 0 Å². The lowest BCUT2D eigenvalue weighted by Crippen LogP contribution is -2.27. The van der Waals surface area contributed by atoms with Crippen molar-refractivity contribution >= 4 is 0 Å². The summed E-state index contributed by atoms with van der Waals surface area (Å²) in [5, 5.41) is 0. The second kappa shape index (κ2) is 12.9. The van der Waals surface area contributed by atoms with Crippen LogP contribution in [0.25, 0.3) is 0 Å². The van der Waals surface area contributed by atoms with Crippen molar-refractivity contribution in [1.29, 1.82) is 0 Å². The summed E-state index contributed by atoms with van der Waals surface area (Å²) in [5.41, 5.74) is 12.4. The number of hydrogen-bond donors (Lipinski definition) is 2. The molecule has 3 atom stereocenters. The largest absolute Gasteiger partial charge is 0.330 e. The zero-order chi connectivity index (χ0) is 16.8. The molecule has 0 saturated carbocycles. The fourth-order valence-corrected chi connectivity index (χ4v) is 2.84. The smallest absolute Gasteiger partial charge is 0.00992 e. The first-order valence-electron chi connectivity index (χ1n) is 9.24. The van der Waals surface area contributed by atoms with Crippen molar-refractivity contribution in [2.45, 2.75) is 85.1 Å². The van der Waals surface area contributed by atoms with Crippen molar-refractivity contribution in [2.75, 3.05) is 6.54 Å². The van der Waals surface area contributed by atoms with E-state index in [0.29, 0.717) is 12.0 Å². The van der Waals surface area contributed by atoms with Gasteiger partial charge in [0.1, 0.15) is 0 Å². The average Bonchev–Trinajstić information content (AvgIpc) is 2.50. The molecular formula is C20H40N2. The highest BCUT2D eigenvalue weighted by molar-refractivity contribution is 4.93. The molecule has 2 nitrogen and oxygen atoms in total. The Morgan fingerprint density at radius 1 is 1.00 bits per heavy atom. The summed E-state index contributed by atoms with van der Waals surface area (Å²) in [4.78, 5) is 0. The quantitative estimate of drug-likeness (QED) is 0.363. The number of unbranched alkanes of at least 4 members (excludes halogenated alkanes) is 1. The standard InChI is InChI=1S/C20H40N2/c1-5-13-18(3)19(22)14-11-9-7-8-10-12-16-20(4,17-21)15-6-2/h9-12,18-19H,5-8,13-17,21-22H2,1-4H3. The van der Waals surface area contributed by atoms with Crippen LogP contribution in [0.15, 0.2) is 24.3 Å². The number of allylic oxidation sites excluding steroid dienone is 3. The summed E-state index contributed by atoms with van der Waals surface area (Å²) in [5.74, 6) is 0.627. The van der Waals surface area contributed by atoms with Crippen LogP contribution in [0.5, 0.6) is 0 Å². The lowest BCUT2D eigenvalue weighted by molar-refractivity contribution is 0.309. The first-order valence-corrected chi connectivity index (χ1v) is 9.24. The molecule has 0 spiro atoms. The minimum atomic E-state index is 0.281. The van der Waals surface area contributed by atoms with Gasteiger partial charge in [0.15, 0.2) is 0 Å². The molecule has 0 saturated heterocycles. The molecule has 0 aliphatic carbocycles. The maximum atomic E-state index is 6.18. The third-order valence-corrected chi connectivity index (χ3v) is 4.67. The van der Waals surface area contributed by atoms with Gasteiger partial charge in [0, 0.05) is 6.04 Å². The molecule has 0 aliphatic heterocycles. The Morgan fingerprint density at radius 3 is 2.18 bits per heavy atom. The van der Waals surface area contributed by atoms with Gasteiger partial charge in [0.25, 0.3) is 0 Å². The van der Waals surface area contributed by atoms with E-state index >= 15 is 0 Å². The van der Waals surface area contributed by atoms with Crippen molar-refractivity contribution in [2.24, 2.45) is 22.8 Å². The number of nitrogens with two attached hydrogens (primary N) is 2. The van der Waals surface area contributed by atoms with E-state index in [1.807, 2.05) is 0 Å². The van der Waals surface area contributed by atoms with Crippen LogP contribution in [0.1, 0.15) is 79.1 Å². The van der Waals surface area contributed by atoms with Gasteiger partial charge in [-0.2, -0.15) is 0 Å². The van der Waals surface area contributed by atoms with Crippen LogP contribution in [0.4, 0.5) is 0 Å². The third-order valence-electron chi connectivity index (χ3n) is 4.67. The highest BCUT2D eigenvalue weighted by atomic mass is 14.6. The van der Waals surface area contributed by atoms with E-state index in [2.05, 4.69) is 52.0 Å². The summed E-state index contributed by atoms with van der Waals surface area (Å²) < 4.78 is 0.